The third-order valence-corrected chi connectivity index (χ3v) is 2.49. The molecule has 1 N–H and O–H groups in total. The third kappa shape index (κ3) is 3.67. The average molecular weight is 310 g/mol. The van der Waals surface area contributed by atoms with E-state index in [1.54, 1.807) is 6.92 Å². The largest absolute Gasteiger partial charge is 0.490 e. The van der Waals surface area contributed by atoms with Crippen LogP contribution in [0.3, 0.4) is 0 Å². The maximum absolute atomic E-state index is 9.01. The smallest absolute Gasteiger partial charge is 0.133 e. The number of rotatable bonds is 3. The number of hydrogen-bond acceptors (Lipinski definition) is 2. The van der Waals surface area contributed by atoms with Crippen LogP contribution in [0.4, 0.5) is 0 Å². The van der Waals surface area contributed by atoms with Gasteiger partial charge in [0.15, 0.2) is 0 Å². The van der Waals surface area contributed by atoms with Crippen molar-refractivity contribution in [2.24, 2.45) is 0 Å². The van der Waals surface area contributed by atoms with E-state index in [0.717, 1.165) is 14.7 Å². The lowest BCUT2D eigenvalue weighted by Crippen LogP contribution is -2.12. The zero-order valence-electron chi connectivity index (χ0n) is 7.13. The van der Waals surface area contributed by atoms with Crippen molar-refractivity contribution < 1.29 is 9.84 Å². The highest BCUT2D eigenvalue weighted by Gasteiger charge is 2.02. The molecule has 1 rings (SSSR count). The average Bonchev–Trinajstić information content (AvgIpc) is 2.02. The van der Waals surface area contributed by atoms with E-state index in [1.165, 1.54) is 0 Å². The second-order valence-corrected chi connectivity index (χ2v) is 4.50. The van der Waals surface area contributed by atoms with Gasteiger partial charge in [0.25, 0.3) is 0 Å². The fourth-order valence-corrected chi connectivity index (χ4v) is 1.96. The lowest BCUT2D eigenvalue weighted by Gasteiger charge is -2.09. The maximum atomic E-state index is 9.01. The topological polar surface area (TPSA) is 29.5 Å². The molecule has 13 heavy (non-hydrogen) atoms. The Morgan fingerprint density at radius 1 is 1.46 bits per heavy atom. The van der Waals surface area contributed by atoms with E-state index in [4.69, 9.17) is 9.84 Å². The minimum atomic E-state index is -0.449. The first kappa shape index (κ1) is 11.0. The first-order chi connectivity index (χ1) is 6.09. The molecule has 1 aromatic carbocycles. The van der Waals surface area contributed by atoms with E-state index in [1.807, 2.05) is 18.2 Å². The molecule has 72 valence electrons. The molecule has 1 atom stereocenters. The van der Waals surface area contributed by atoms with Crippen LogP contribution < -0.4 is 4.74 Å². The van der Waals surface area contributed by atoms with Gasteiger partial charge >= 0.3 is 0 Å². The minimum absolute atomic E-state index is 0.306. The van der Waals surface area contributed by atoms with Gasteiger partial charge in [-0.1, -0.05) is 15.9 Å². The zero-order chi connectivity index (χ0) is 9.84. The van der Waals surface area contributed by atoms with Gasteiger partial charge < -0.3 is 9.84 Å². The van der Waals surface area contributed by atoms with Crippen LogP contribution in [0.1, 0.15) is 6.92 Å². The SMILES string of the molecule is C[C@@H](O)COc1ccc(Br)cc1Br. The molecular formula is C9H10Br2O2. The summed E-state index contributed by atoms with van der Waals surface area (Å²) in [5.74, 6) is 0.740. The van der Waals surface area contributed by atoms with Crippen LogP contribution in [0.2, 0.25) is 0 Å². The maximum Gasteiger partial charge on any atom is 0.133 e. The zero-order valence-corrected chi connectivity index (χ0v) is 10.3. The van der Waals surface area contributed by atoms with Crippen LogP contribution in [0.25, 0.3) is 0 Å². The van der Waals surface area contributed by atoms with Crippen molar-refractivity contribution in [2.75, 3.05) is 6.61 Å². The van der Waals surface area contributed by atoms with Crippen LogP contribution >= 0.6 is 31.9 Å². The van der Waals surface area contributed by atoms with Crippen molar-refractivity contribution in [3.05, 3.63) is 27.1 Å². The number of aliphatic hydroxyl groups is 1. The molecule has 0 unspecified atom stereocenters. The summed E-state index contributed by atoms with van der Waals surface area (Å²) in [7, 11) is 0. The van der Waals surface area contributed by atoms with Crippen LogP contribution in [0, 0.1) is 0 Å². The third-order valence-electron chi connectivity index (χ3n) is 1.37. The van der Waals surface area contributed by atoms with E-state index >= 15 is 0 Å². The lowest BCUT2D eigenvalue weighted by molar-refractivity contribution is 0.122. The Morgan fingerprint density at radius 2 is 2.15 bits per heavy atom. The number of benzene rings is 1. The van der Waals surface area contributed by atoms with Gasteiger partial charge in [0.2, 0.25) is 0 Å². The van der Waals surface area contributed by atoms with Crippen molar-refractivity contribution in [1.29, 1.82) is 0 Å². The summed E-state index contributed by atoms with van der Waals surface area (Å²) in [6.07, 6.45) is -0.449. The molecule has 0 radical (unpaired) electrons. The number of hydrogen-bond donors (Lipinski definition) is 1. The molecule has 4 heteroatoms. The van der Waals surface area contributed by atoms with E-state index in [-0.39, 0.29) is 0 Å². The van der Waals surface area contributed by atoms with Gasteiger partial charge in [-0.15, -0.1) is 0 Å². The monoisotopic (exact) mass is 308 g/mol. The summed E-state index contributed by atoms with van der Waals surface area (Å²) < 4.78 is 7.20. The van der Waals surface area contributed by atoms with Crippen LogP contribution in [-0.4, -0.2) is 17.8 Å². The Kier molecular flexibility index (Phi) is 4.22. The molecule has 2 nitrogen and oxygen atoms in total. The van der Waals surface area contributed by atoms with E-state index in [0.29, 0.717) is 6.61 Å². The normalized spacial score (nSPS) is 12.6. The van der Waals surface area contributed by atoms with Crippen LogP contribution in [0.5, 0.6) is 5.75 Å². The molecule has 0 amide bonds. The Labute approximate surface area is 94.2 Å². The van der Waals surface area contributed by atoms with E-state index in [2.05, 4.69) is 31.9 Å². The van der Waals surface area contributed by atoms with Crippen LogP contribution in [0.15, 0.2) is 27.1 Å². The second kappa shape index (κ2) is 4.98. The molecule has 0 heterocycles. The van der Waals surface area contributed by atoms with Gasteiger partial charge in [0.05, 0.1) is 10.6 Å². The van der Waals surface area contributed by atoms with Crippen molar-refractivity contribution >= 4 is 31.9 Å². The number of ether oxygens (including phenoxy) is 1. The Hall–Kier alpha value is -0.0600. The molecular weight excluding hydrogens is 300 g/mol. The van der Waals surface area contributed by atoms with Gasteiger partial charge in [-0.3, -0.25) is 0 Å². The highest BCUT2D eigenvalue weighted by atomic mass is 79.9. The molecule has 0 spiro atoms. The van der Waals surface area contributed by atoms with Gasteiger partial charge in [-0.05, 0) is 41.1 Å². The first-order valence-electron chi connectivity index (χ1n) is 3.85. The second-order valence-electron chi connectivity index (χ2n) is 2.73. The summed E-state index contributed by atoms with van der Waals surface area (Å²) >= 11 is 6.70. The quantitative estimate of drug-likeness (QED) is 0.930. The predicted octanol–water partition coefficient (Wildman–Crippen LogP) is 2.97. The summed E-state index contributed by atoms with van der Waals surface area (Å²) in [6, 6.07) is 5.63. The fraction of sp³-hybridized carbons (Fsp3) is 0.333. The molecule has 0 aromatic heterocycles. The molecule has 0 aliphatic rings. The molecule has 0 fully saturated rings. The highest BCUT2D eigenvalue weighted by molar-refractivity contribution is 9.11. The Balaban J connectivity index is 2.67. The molecule has 0 aliphatic carbocycles. The standard InChI is InChI=1S/C9H10Br2O2/c1-6(12)5-13-9-3-2-7(10)4-8(9)11/h2-4,6,12H,5H2,1H3/t6-/m1/s1. The molecule has 1 aromatic rings. The van der Waals surface area contributed by atoms with E-state index in [9.17, 15) is 0 Å². The molecule has 0 aliphatic heterocycles. The number of halogens is 2. The van der Waals surface area contributed by atoms with Gasteiger partial charge in [-0.25, -0.2) is 0 Å². The summed E-state index contributed by atoms with van der Waals surface area (Å²) in [5.41, 5.74) is 0. The summed E-state index contributed by atoms with van der Waals surface area (Å²) in [4.78, 5) is 0. The first-order valence-corrected chi connectivity index (χ1v) is 5.44. The van der Waals surface area contributed by atoms with E-state index < -0.39 is 6.10 Å². The van der Waals surface area contributed by atoms with Crippen molar-refractivity contribution in [1.82, 2.24) is 0 Å². The summed E-state index contributed by atoms with van der Waals surface area (Å²) in [5, 5.41) is 9.01. The molecule has 0 saturated heterocycles. The van der Waals surface area contributed by atoms with Crippen LogP contribution in [-0.2, 0) is 0 Å². The highest BCUT2D eigenvalue weighted by Crippen LogP contribution is 2.28. The minimum Gasteiger partial charge on any atom is -0.490 e. The Morgan fingerprint density at radius 3 is 2.69 bits per heavy atom. The fourth-order valence-electron chi connectivity index (χ4n) is 0.803. The number of aliphatic hydroxyl groups excluding tert-OH is 1. The van der Waals surface area contributed by atoms with Gasteiger partial charge in [-0.2, -0.15) is 0 Å². The Bertz CT molecular complexity index is 287. The van der Waals surface area contributed by atoms with Crippen molar-refractivity contribution in [3.63, 3.8) is 0 Å². The lowest BCUT2D eigenvalue weighted by atomic mass is 10.3. The van der Waals surface area contributed by atoms with Crippen molar-refractivity contribution in [3.8, 4) is 5.75 Å². The summed E-state index contributed by atoms with van der Waals surface area (Å²) in [6.45, 7) is 1.99. The molecule has 0 saturated carbocycles. The molecule has 0 bridgehead atoms. The van der Waals surface area contributed by atoms with Crippen molar-refractivity contribution in [2.45, 2.75) is 13.0 Å². The van der Waals surface area contributed by atoms with Gasteiger partial charge in [0, 0.05) is 4.47 Å². The predicted molar refractivity (Wildman–Crippen MR) is 59.0 cm³/mol. The van der Waals surface area contributed by atoms with Gasteiger partial charge in [0.1, 0.15) is 12.4 Å².